The number of nitrogens with two attached hydrogens (primary N) is 1. The number of ether oxygens (including phenoxy) is 4. The number of aromatic nitrogens is 3. The van der Waals surface area contributed by atoms with Crippen LogP contribution in [0, 0.1) is 17.0 Å². The number of benzene rings is 3. The van der Waals surface area contributed by atoms with E-state index in [0.717, 1.165) is 31.4 Å². The molecule has 0 aliphatic carbocycles. The van der Waals surface area contributed by atoms with E-state index in [1.165, 1.54) is 18.2 Å². The predicted molar refractivity (Wildman–Crippen MR) is 152 cm³/mol. The number of nitrogens with zero attached hydrogens (tertiary/aromatic N) is 3. The van der Waals surface area contributed by atoms with Crippen LogP contribution in [-0.4, -0.2) is 43.7 Å². The minimum absolute atomic E-state index is 0.0468. The first-order chi connectivity index (χ1) is 21.0. The fourth-order valence-corrected chi connectivity index (χ4v) is 3.99. The van der Waals surface area contributed by atoms with E-state index >= 15 is 8.78 Å². The largest absolute Gasteiger partial charge is 0.504 e. The molecule has 0 saturated heterocycles. The Labute approximate surface area is 248 Å². The van der Waals surface area contributed by atoms with Crippen molar-refractivity contribution in [3.05, 3.63) is 95.8 Å². The Kier molecular flexibility index (Phi) is 7.98. The van der Waals surface area contributed by atoms with Gasteiger partial charge in [0.25, 0.3) is 11.8 Å². The average molecular weight is 604 g/mol. The Bertz CT molecular complexity index is 1910. The molecule has 0 atom stereocenters. The van der Waals surface area contributed by atoms with Gasteiger partial charge in [0, 0.05) is 30.6 Å². The zero-order valence-electron chi connectivity index (χ0n) is 23.0. The zero-order valence-corrected chi connectivity index (χ0v) is 23.0. The van der Waals surface area contributed by atoms with Crippen LogP contribution in [-0.2, 0) is 11.8 Å². The molecule has 0 bridgehead atoms. The summed E-state index contributed by atoms with van der Waals surface area (Å²) in [6.45, 7) is 0. The Hall–Kier alpha value is -6.18. The van der Waals surface area contributed by atoms with Crippen LogP contribution in [0.25, 0.3) is 11.4 Å². The number of pyridine rings is 1. The zero-order chi connectivity index (χ0) is 31.5. The average Bonchev–Trinajstić information content (AvgIpc) is 3.44. The number of nitrogens with one attached hydrogen (secondary N) is 1. The lowest BCUT2D eigenvalue weighted by Crippen LogP contribution is -2.11. The van der Waals surface area contributed by atoms with Gasteiger partial charge in [-0.05, 0) is 48.5 Å². The van der Waals surface area contributed by atoms with Crippen molar-refractivity contribution >= 4 is 11.8 Å². The summed E-state index contributed by atoms with van der Waals surface area (Å²) in [5, 5.41) is 28.4. The van der Waals surface area contributed by atoms with Gasteiger partial charge in [0.1, 0.15) is 17.4 Å². The quantitative estimate of drug-likeness (QED) is 0.0940. The SMILES string of the molecule is COC(=O)c1ccc(Oc2c(F)c(Oc3cccc(-c4nccn4C)c3)nc(Oc3cc(C(=N)N)ccc3O)c2F)c(O)c1. The van der Waals surface area contributed by atoms with Crippen molar-refractivity contribution in [3.63, 3.8) is 0 Å². The van der Waals surface area contributed by atoms with Crippen LogP contribution >= 0.6 is 0 Å². The molecule has 224 valence electrons. The normalized spacial score (nSPS) is 10.7. The van der Waals surface area contributed by atoms with E-state index in [9.17, 15) is 15.0 Å². The van der Waals surface area contributed by atoms with Crippen molar-refractivity contribution in [1.82, 2.24) is 14.5 Å². The van der Waals surface area contributed by atoms with Crippen molar-refractivity contribution < 1.29 is 42.7 Å². The number of methoxy groups -OCH3 is 1. The van der Waals surface area contributed by atoms with Gasteiger partial charge in [-0.2, -0.15) is 13.8 Å². The van der Waals surface area contributed by atoms with E-state index in [1.807, 2.05) is 0 Å². The van der Waals surface area contributed by atoms with Crippen molar-refractivity contribution in [2.75, 3.05) is 7.11 Å². The molecule has 5 N–H and O–H groups in total. The molecule has 2 heterocycles. The van der Waals surface area contributed by atoms with Gasteiger partial charge in [-0.25, -0.2) is 9.78 Å². The summed E-state index contributed by atoms with van der Waals surface area (Å²) in [4.78, 5) is 19.9. The molecule has 14 heteroatoms. The molecule has 44 heavy (non-hydrogen) atoms. The molecule has 3 aromatic carbocycles. The number of rotatable bonds is 9. The molecule has 5 rings (SSSR count). The Morgan fingerprint density at radius 2 is 1.64 bits per heavy atom. The van der Waals surface area contributed by atoms with Gasteiger partial charge < -0.3 is 39.5 Å². The highest BCUT2D eigenvalue weighted by Crippen LogP contribution is 2.43. The van der Waals surface area contributed by atoms with Crippen LogP contribution in [0.4, 0.5) is 8.78 Å². The number of aromatic hydroxyl groups is 2. The van der Waals surface area contributed by atoms with Crippen LogP contribution in [0.5, 0.6) is 46.3 Å². The van der Waals surface area contributed by atoms with Crippen molar-refractivity contribution in [2.45, 2.75) is 0 Å². The Balaban J connectivity index is 1.59. The summed E-state index contributed by atoms with van der Waals surface area (Å²) < 4.78 is 54.6. The van der Waals surface area contributed by atoms with Crippen LogP contribution in [0.15, 0.2) is 73.1 Å². The number of phenolic OH excluding ortho intramolecular Hbond substituents is 2. The molecule has 5 aromatic rings. The van der Waals surface area contributed by atoms with Gasteiger partial charge >= 0.3 is 5.97 Å². The third-order valence-corrected chi connectivity index (χ3v) is 6.17. The van der Waals surface area contributed by atoms with Gasteiger partial charge in [0.15, 0.2) is 23.0 Å². The number of esters is 1. The Morgan fingerprint density at radius 3 is 2.30 bits per heavy atom. The molecule has 0 spiro atoms. The maximum absolute atomic E-state index is 15.8. The van der Waals surface area contributed by atoms with E-state index in [1.54, 1.807) is 42.2 Å². The maximum Gasteiger partial charge on any atom is 0.337 e. The molecule has 0 fully saturated rings. The van der Waals surface area contributed by atoms with Gasteiger partial charge in [-0.3, -0.25) is 5.41 Å². The van der Waals surface area contributed by atoms with E-state index in [4.69, 9.17) is 25.4 Å². The summed E-state index contributed by atoms with van der Waals surface area (Å²) in [5.41, 5.74) is 6.22. The summed E-state index contributed by atoms with van der Waals surface area (Å²) in [7, 11) is 2.93. The summed E-state index contributed by atoms with van der Waals surface area (Å²) >= 11 is 0. The molecular weight excluding hydrogens is 580 g/mol. The number of hydrogen-bond acceptors (Lipinski definition) is 10. The number of aryl methyl sites for hydroxylation is 1. The van der Waals surface area contributed by atoms with Gasteiger partial charge in [0.05, 0.1) is 12.7 Å². The van der Waals surface area contributed by atoms with E-state index in [-0.39, 0.29) is 28.5 Å². The summed E-state index contributed by atoms with van der Waals surface area (Å²) in [6.07, 6.45) is 3.34. The minimum Gasteiger partial charge on any atom is -0.504 e. The molecule has 0 aliphatic heterocycles. The lowest BCUT2D eigenvalue weighted by atomic mass is 10.2. The van der Waals surface area contributed by atoms with Gasteiger partial charge in [0.2, 0.25) is 17.4 Å². The molecule has 0 unspecified atom stereocenters. The number of amidine groups is 1. The second kappa shape index (κ2) is 12.0. The number of hydrogen-bond donors (Lipinski definition) is 4. The van der Waals surface area contributed by atoms with Crippen LogP contribution in [0.1, 0.15) is 15.9 Å². The third kappa shape index (κ3) is 5.90. The van der Waals surface area contributed by atoms with Gasteiger partial charge in [-0.1, -0.05) is 12.1 Å². The van der Waals surface area contributed by atoms with E-state index < -0.39 is 52.4 Å². The standard InChI is InChI=1S/C30H23F2N5O7/c1-37-11-10-35-27(37)16-4-3-5-18(12-16)42-28-23(31)25(43-21-9-7-17(13-20(21)39)30(40)41-2)24(32)29(36-28)44-22-14-15(26(33)34)6-8-19(22)38/h3-14,38-39H,1-2H3,(H3,33,34). The summed E-state index contributed by atoms with van der Waals surface area (Å²) in [5.74, 6) is -8.01. The highest BCUT2D eigenvalue weighted by molar-refractivity contribution is 5.95. The van der Waals surface area contributed by atoms with Crippen LogP contribution < -0.4 is 19.9 Å². The van der Waals surface area contributed by atoms with Crippen molar-refractivity contribution in [3.8, 4) is 57.6 Å². The first kappa shape index (κ1) is 29.3. The first-order valence-electron chi connectivity index (χ1n) is 12.6. The molecular formula is C30H23F2N5O7. The van der Waals surface area contributed by atoms with Crippen molar-refractivity contribution in [1.29, 1.82) is 5.41 Å². The smallest absolute Gasteiger partial charge is 0.337 e. The number of carbonyl (C=O) groups is 1. The number of halogens is 2. The molecule has 0 amide bonds. The van der Waals surface area contributed by atoms with Gasteiger partial charge in [-0.15, -0.1) is 0 Å². The fourth-order valence-electron chi connectivity index (χ4n) is 3.99. The first-order valence-corrected chi connectivity index (χ1v) is 12.6. The minimum atomic E-state index is -1.47. The predicted octanol–water partition coefficient (Wildman–Crippen LogP) is 5.62. The lowest BCUT2D eigenvalue weighted by Gasteiger charge is -2.16. The van der Waals surface area contributed by atoms with Crippen LogP contribution in [0.2, 0.25) is 0 Å². The number of imidazole rings is 1. The molecule has 2 aromatic heterocycles. The number of nitrogen functional groups attached to an aromatic ring is 1. The van der Waals surface area contributed by atoms with E-state index in [2.05, 4.69) is 14.7 Å². The molecule has 0 radical (unpaired) electrons. The second-order valence-corrected chi connectivity index (χ2v) is 9.15. The number of phenols is 2. The maximum atomic E-state index is 15.8. The molecule has 0 aliphatic rings. The summed E-state index contributed by atoms with van der Waals surface area (Å²) in [6, 6.07) is 13.4. The third-order valence-electron chi connectivity index (χ3n) is 6.17. The van der Waals surface area contributed by atoms with Crippen LogP contribution in [0.3, 0.4) is 0 Å². The van der Waals surface area contributed by atoms with E-state index in [0.29, 0.717) is 11.4 Å². The lowest BCUT2D eigenvalue weighted by molar-refractivity contribution is 0.0600. The number of carbonyl (C=O) groups excluding carboxylic acids is 1. The fraction of sp³-hybridized carbons (Fsp3) is 0.0667. The second-order valence-electron chi connectivity index (χ2n) is 9.15. The molecule has 12 nitrogen and oxygen atoms in total. The Morgan fingerprint density at radius 1 is 0.909 bits per heavy atom. The highest BCUT2D eigenvalue weighted by Gasteiger charge is 2.27. The molecule has 0 saturated carbocycles. The monoisotopic (exact) mass is 603 g/mol. The highest BCUT2D eigenvalue weighted by atomic mass is 19.1. The topological polar surface area (TPSA) is 175 Å². The van der Waals surface area contributed by atoms with Crippen molar-refractivity contribution in [2.24, 2.45) is 12.8 Å².